The second-order valence-electron chi connectivity index (χ2n) is 8.76. The first-order chi connectivity index (χ1) is 18.2. The molecule has 202 valence electrons. The Morgan fingerprint density at radius 2 is 2.03 bits per heavy atom. The van der Waals surface area contributed by atoms with Gasteiger partial charge in [-0.1, -0.05) is 25.1 Å². The Morgan fingerprint density at radius 1 is 1.26 bits per heavy atom. The molecule has 0 radical (unpaired) electrons. The number of para-hydroxylation sites is 1. The Balaban J connectivity index is 1.76. The Hall–Kier alpha value is -3.81. The van der Waals surface area contributed by atoms with Crippen molar-refractivity contribution < 1.29 is 27.6 Å². The molecule has 2 heterocycles. The van der Waals surface area contributed by atoms with Crippen molar-refractivity contribution >= 4 is 21.6 Å². The van der Waals surface area contributed by atoms with Crippen molar-refractivity contribution in [3.8, 4) is 17.3 Å². The van der Waals surface area contributed by atoms with Gasteiger partial charge in [-0.25, -0.2) is 13.1 Å². The number of nitro benzene ring substituents is 1. The van der Waals surface area contributed by atoms with Crippen LogP contribution < -0.4 is 14.8 Å². The molecule has 38 heavy (non-hydrogen) atoms. The molecule has 1 fully saturated rings. The number of amides is 1. The van der Waals surface area contributed by atoms with Crippen LogP contribution >= 0.6 is 0 Å². The molecule has 2 aromatic carbocycles. The Bertz CT molecular complexity index is 1420. The van der Waals surface area contributed by atoms with Crippen LogP contribution in [0.15, 0.2) is 53.4 Å². The van der Waals surface area contributed by atoms with Crippen molar-refractivity contribution in [2.45, 2.75) is 44.1 Å². The van der Waals surface area contributed by atoms with Gasteiger partial charge in [0.05, 0.1) is 16.7 Å². The maximum atomic E-state index is 13.1. The molecule has 0 unspecified atom stereocenters. The molecule has 1 amide bonds. The van der Waals surface area contributed by atoms with E-state index in [1.54, 1.807) is 38.1 Å². The van der Waals surface area contributed by atoms with E-state index in [-0.39, 0.29) is 30.0 Å². The SMILES string of the molecule is CCCNS(=O)(=O)c1cc([N+](=O)[O-])ccc1Oc1c(C)c(C(=O)NC[C@H]2CCCO2)nn1-c1ccccc1. The molecular weight excluding hydrogens is 514 g/mol. The normalized spacial score (nSPS) is 15.4. The van der Waals surface area contributed by atoms with Crippen LogP contribution in [0, 0.1) is 17.0 Å². The van der Waals surface area contributed by atoms with Crippen LogP contribution in [0.5, 0.6) is 11.6 Å². The first-order valence-electron chi connectivity index (χ1n) is 12.2. The van der Waals surface area contributed by atoms with Crippen LogP contribution in [0.25, 0.3) is 5.69 Å². The van der Waals surface area contributed by atoms with E-state index in [0.29, 0.717) is 30.8 Å². The molecule has 12 nitrogen and oxygen atoms in total. The van der Waals surface area contributed by atoms with Gasteiger partial charge in [-0.2, -0.15) is 9.78 Å². The highest BCUT2D eigenvalue weighted by molar-refractivity contribution is 7.89. The van der Waals surface area contributed by atoms with Gasteiger partial charge in [0.2, 0.25) is 15.9 Å². The number of non-ortho nitro benzene ring substituents is 1. The summed E-state index contributed by atoms with van der Waals surface area (Å²) in [6, 6.07) is 12.2. The lowest BCUT2D eigenvalue weighted by molar-refractivity contribution is -0.385. The molecule has 13 heteroatoms. The van der Waals surface area contributed by atoms with Crippen LogP contribution in [-0.2, 0) is 14.8 Å². The average molecular weight is 544 g/mol. The summed E-state index contributed by atoms with van der Waals surface area (Å²) in [4.78, 5) is 23.4. The second kappa shape index (κ2) is 11.7. The number of hydrogen-bond donors (Lipinski definition) is 2. The van der Waals surface area contributed by atoms with Gasteiger partial charge in [-0.3, -0.25) is 14.9 Å². The van der Waals surface area contributed by atoms with Crippen molar-refractivity contribution in [1.29, 1.82) is 0 Å². The summed E-state index contributed by atoms with van der Waals surface area (Å²) < 4.78 is 41.5. The lowest BCUT2D eigenvalue weighted by atomic mass is 10.2. The van der Waals surface area contributed by atoms with E-state index in [9.17, 15) is 23.3 Å². The number of ether oxygens (including phenoxy) is 2. The predicted molar refractivity (Wildman–Crippen MR) is 138 cm³/mol. The molecule has 1 atom stereocenters. The number of nitrogens with one attached hydrogen (secondary N) is 2. The van der Waals surface area contributed by atoms with Crippen molar-refractivity contribution in [2.24, 2.45) is 0 Å². The summed E-state index contributed by atoms with van der Waals surface area (Å²) in [7, 11) is -4.15. The van der Waals surface area contributed by atoms with Gasteiger partial charge in [0.1, 0.15) is 10.6 Å². The van der Waals surface area contributed by atoms with Crippen LogP contribution in [0.2, 0.25) is 0 Å². The van der Waals surface area contributed by atoms with Crippen molar-refractivity contribution in [3.63, 3.8) is 0 Å². The molecule has 1 saturated heterocycles. The molecule has 1 aromatic heterocycles. The molecule has 1 aliphatic heterocycles. The molecule has 2 N–H and O–H groups in total. The summed E-state index contributed by atoms with van der Waals surface area (Å²) in [5.41, 5.74) is 0.620. The van der Waals surface area contributed by atoms with E-state index in [1.807, 2.05) is 6.07 Å². The van der Waals surface area contributed by atoms with Crippen molar-refractivity contribution in [3.05, 3.63) is 69.9 Å². The molecule has 3 aromatic rings. The van der Waals surface area contributed by atoms with Crippen LogP contribution in [-0.4, -0.2) is 54.8 Å². The number of rotatable bonds is 11. The zero-order valence-electron chi connectivity index (χ0n) is 21.0. The summed E-state index contributed by atoms with van der Waals surface area (Å²) in [6.45, 7) is 4.56. The standard InChI is InChI=1S/C25H29N5O7S/c1-3-13-27-38(34,35)22-15-19(30(32)33)11-12-21(22)37-25-17(2)23(24(31)26-16-20-10-7-14-36-20)28-29(25)18-8-5-4-6-9-18/h4-6,8-9,11-12,15,20,27H,3,7,10,13-14,16H2,1-2H3,(H,26,31)/t20-/m1/s1. The van der Waals surface area contributed by atoms with E-state index < -0.39 is 31.4 Å². The zero-order chi connectivity index (χ0) is 27.3. The van der Waals surface area contributed by atoms with E-state index in [1.165, 1.54) is 10.7 Å². The summed E-state index contributed by atoms with van der Waals surface area (Å²) >= 11 is 0. The maximum absolute atomic E-state index is 13.1. The zero-order valence-corrected chi connectivity index (χ0v) is 21.9. The largest absolute Gasteiger partial charge is 0.437 e. The van der Waals surface area contributed by atoms with E-state index >= 15 is 0 Å². The minimum Gasteiger partial charge on any atom is -0.437 e. The fraction of sp³-hybridized carbons (Fsp3) is 0.360. The number of nitro groups is 1. The van der Waals surface area contributed by atoms with Gasteiger partial charge < -0.3 is 14.8 Å². The minimum absolute atomic E-state index is 0.0605. The molecule has 0 spiro atoms. The Kier molecular flexibility index (Phi) is 8.39. The molecule has 0 saturated carbocycles. The van der Waals surface area contributed by atoms with Gasteiger partial charge in [-0.15, -0.1) is 0 Å². The van der Waals surface area contributed by atoms with E-state index in [0.717, 1.165) is 25.0 Å². The molecule has 0 aliphatic carbocycles. The lowest BCUT2D eigenvalue weighted by Gasteiger charge is -2.14. The highest BCUT2D eigenvalue weighted by atomic mass is 32.2. The van der Waals surface area contributed by atoms with Gasteiger partial charge in [-0.05, 0) is 44.4 Å². The third-order valence-electron chi connectivity index (χ3n) is 5.97. The van der Waals surface area contributed by atoms with Gasteiger partial charge in [0, 0.05) is 37.4 Å². The highest BCUT2D eigenvalue weighted by Crippen LogP contribution is 2.35. The third-order valence-corrected chi connectivity index (χ3v) is 7.46. The number of nitrogens with zero attached hydrogens (tertiary/aromatic N) is 3. The predicted octanol–water partition coefficient (Wildman–Crippen LogP) is 3.48. The fourth-order valence-electron chi connectivity index (χ4n) is 3.98. The van der Waals surface area contributed by atoms with Crippen LogP contribution in [0.3, 0.4) is 0 Å². The number of carbonyl (C=O) groups is 1. The smallest absolute Gasteiger partial charge is 0.272 e. The third kappa shape index (κ3) is 6.01. The fourth-order valence-corrected chi connectivity index (χ4v) is 5.26. The second-order valence-corrected chi connectivity index (χ2v) is 10.5. The molecule has 0 bridgehead atoms. The molecular formula is C25H29N5O7S. The Labute approximate surface area is 220 Å². The number of benzene rings is 2. The number of hydrogen-bond acceptors (Lipinski definition) is 8. The van der Waals surface area contributed by atoms with Gasteiger partial charge >= 0.3 is 0 Å². The van der Waals surface area contributed by atoms with Gasteiger partial charge in [0.15, 0.2) is 5.69 Å². The maximum Gasteiger partial charge on any atom is 0.272 e. The Morgan fingerprint density at radius 3 is 2.68 bits per heavy atom. The topological polar surface area (TPSA) is 155 Å². The monoisotopic (exact) mass is 543 g/mol. The quantitative estimate of drug-likeness (QED) is 0.275. The lowest BCUT2D eigenvalue weighted by Crippen LogP contribution is -2.32. The molecule has 4 rings (SSSR count). The van der Waals surface area contributed by atoms with Crippen molar-refractivity contribution in [2.75, 3.05) is 19.7 Å². The van der Waals surface area contributed by atoms with Crippen LogP contribution in [0.1, 0.15) is 42.2 Å². The van der Waals surface area contributed by atoms with Crippen molar-refractivity contribution in [1.82, 2.24) is 19.8 Å². The average Bonchev–Trinajstić information content (AvgIpc) is 3.55. The summed E-state index contributed by atoms with van der Waals surface area (Å²) in [6.07, 6.45) is 2.26. The summed E-state index contributed by atoms with van der Waals surface area (Å²) in [5, 5.41) is 18.7. The first kappa shape index (κ1) is 27.2. The van der Waals surface area contributed by atoms with E-state index in [2.05, 4.69) is 15.1 Å². The van der Waals surface area contributed by atoms with Gasteiger partial charge in [0.25, 0.3) is 11.6 Å². The van der Waals surface area contributed by atoms with E-state index in [4.69, 9.17) is 9.47 Å². The number of aromatic nitrogens is 2. The summed E-state index contributed by atoms with van der Waals surface area (Å²) in [5.74, 6) is -0.483. The number of sulfonamides is 1. The van der Waals surface area contributed by atoms with Crippen LogP contribution in [0.4, 0.5) is 5.69 Å². The first-order valence-corrected chi connectivity index (χ1v) is 13.7. The minimum atomic E-state index is -4.15. The molecule has 1 aliphatic rings. The number of carbonyl (C=O) groups excluding carboxylic acids is 1. The highest BCUT2D eigenvalue weighted by Gasteiger charge is 2.28.